The summed E-state index contributed by atoms with van der Waals surface area (Å²) in [5.41, 5.74) is 1.98. The van der Waals surface area contributed by atoms with Crippen LogP contribution in [0.3, 0.4) is 0 Å². The highest BCUT2D eigenvalue weighted by Crippen LogP contribution is 2.28. The Hall–Kier alpha value is -3.37. The maximum atomic E-state index is 13.6. The minimum absolute atomic E-state index is 0.346. The third kappa shape index (κ3) is 4.06. The molecule has 166 valence electrons. The first-order valence-corrected chi connectivity index (χ1v) is 10.4. The van der Waals surface area contributed by atoms with Gasteiger partial charge in [0, 0.05) is 49.4 Å². The van der Waals surface area contributed by atoms with Crippen molar-refractivity contribution in [1.82, 2.24) is 19.4 Å². The van der Waals surface area contributed by atoms with Crippen molar-refractivity contribution in [2.45, 2.75) is 13.0 Å². The highest BCUT2D eigenvalue weighted by atomic mass is 19.2. The molecule has 1 N–H and O–H groups in total. The number of nitrogens with zero attached hydrogens (tertiary/aromatic N) is 4. The van der Waals surface area contributed by atoms with Crippen LogP contribution in [-0.4, -0.2) is 52.3 Å². The lowest BCUT2D eigenvalue weighted by molar-refractivity contribution is 0.0369. The second-order valence-corrected chi connectivity index (χ2v) is 7.64. The maximum Gasteiger partial charge on any atom is 0.419 e. The van der Waals surface area contributed by atoms with E-state index in [-0.39, 0.29) is 0 Å². The fourth-order valence-corrected chi connectivity index (χ4v) is 3.91. The van der Waals surface area contributed by atoms with Crippen molar-refractivity contribution in [2.24, 2.45) is 0 Å². The summed E-state index contributed by atoms with van der Waals surface area (Å²) < 4.78 is 39.3. The van der Waals surface area contributed by atoms with Gasteiger partial charge < -0.3 is 14.5 Å². The molecule has 1 fully saturated rings. The van der Waals surface area contributed by atoms with E-state index in [1.807, 2.05) is 0 Å². The molecule has 4 aromatic rings. The number of hydrogen-bond donors (Lipinski definition) is 1. The van der Waals surface area contributed by atoms with Crippen LogP contribution in [0.25, 0.3) is 22.0 Å². The number of aromatic nitrogens is 3. The number of fused-ring (bicyclic) bond motifs is 2. The molecule has 5 rings (SSSR count). The zero-order chi connectivity index (χ0) is 22.1. The highest BCUT2D eigenvalue weighted by molar-refractivity contribution is 5.98. The Labute approximate surface area is 181 Å². The smallest absolute Gasteiger partial charge is 0.408 e. The number of ether oxygens (including phenoxy) is 1. The van der Waals surface area contributed by atoms with Crippen molar-refractivity contribution in [3.63, 3.8) is 0 Å². The molecule has 1 saturated heterocycles. The lowest BCUT2D eigenvalue weighted by atomic mass is 10.2. The first kappa shape index (κ1) is 20.5. The minimum Gasteiger partial charge on any atom is -0.408 e. The molecule has 10 heteroatoms. The Morgan fingerprint density at radius 2 is 1.88 bits per heavy atom. The summed E-state index contributed by atoms with van der Waals surface area (Å²) in [5, 5.41) is 3.63. The fourth-order valence-electron chi connectivity index (χ4n) is 3.91. The zero-order valence-corrected chi connectivity index (χ0v) is 17.2. The quantitative estimate of drug-likeness (QED) is 0.492. The summed E-state index contributed by atoms with van der Waals surface area (Å²) in [6, 6.07) is 6.99. The maximum absolute atomic E-state index is 13.6. The molecule has 0 atom stereocenters. The number of halogens is 2. The number of rotatable bonds is 6. The van der Waals surface area contributed by atoms with Crippen molar-refractivity contribution < 1.29 is 17.9 Å². The van der Waals surface area contributed by atoms with Gasteiger partial charge in [0.05, 0.1) is 24.2 Å². The van der Waals surface area contributed by atoms with Gasteiger partial charge in [-0.15, -0.1) is 0 Å². The van der Waals surface area contributed by atoms with Crippen LogP contribution in [0.5, 0.6) is 0 Å². The first-order valence-electron chi connectivity index (χ1n) is 10.4. The van der Waals surface area contributed by atoms with Gasteiger partial charge in [-0.3, -0.25) is 9.47 Å². The van der Waals surface area contributed by atoms with Gasteiger partial charge in [-0.2, -0.15) is 0 Å². The molecule has 0 aliphatic carbocycles. The van der Waals surface area contributed by atoms with Crippen LogP contribution in [0.15, 0.2) is 45.9 Å². The topological polar surface area (TPSA) is 85.4 Å². The van der Waals surface area contributed by atoms with Crippen LogP contribution < -0.4 is 11.1 Å². The van der Waals surface area contributed by atoms with Crippen LogP contribution >= 0.6 is 0 Å². The van der Waals surface area contributed by atoms with E-state index in [0.717, 1.165) is 51.4 Å². The summed E-state index contributed by atoms with van der Waals surface area (Å²) >= 11 is 0. The molecular formula is C22H21F2N5O3. The average Bonchev–Trinajstić information content (AvgIpc) is 3.10. The number of aryl methyl sites for hydroxylation is 1. The van der Waals surface area contributed by atoms with Gasteiger partial charge in [0.1, 0.15) is 12.1 Å². The Morgan fingerprint density at radius 1 is 1.03 bits per heavy atom. The van der Waals surface area contributed by atoms with Crippen molar-refractivity contribution in [3.8, 4) is 0 Å². The molecule has 0 bridgehead atoms. The molecule has 0 amide bonds. The largest absolute Gasteiger partial charge is 0.419 e. The van der Waals surface area contributed by atoms with E-state index in [1.54, 1.807) is 16.7 Å². The van der Waals surface area contributed by atoms with Gasteiger partial charge in [-0.25, -0.2) is 23.5 Å². The molecule has 2 aromatic heterocycles. The summed E-state index contributed by atoms with van der Waals surface area (Å²) in [6.45, 7) is 4.61. The van der Waals surface area contributed by atoms with E-state index in [2.05, 4.69) is 20.2 Å². The number of hydrogen-bond acceptors (Lipinski definition) is 7. The number of anilines is 2. The third-order valence-corrected chi connectivity index (χ3v) is 5.57. The molecule has 1 aliphatic heterocycles. The highest BCUT2D eigenvalue weighted by Gasteiger charge is 2.15. The SMILES string of the molecule is O=c1oc2cc3ncnc(Nc4ccc(F)c(F)c4)c3cc2n1CCCN1CCOCC1. The van der Waals surface area contributed by atoms with Crippen LogP contribution in [0.1, 0.15) is 6.42 Å². The van der Waals surface area contributed by atoms with E-state index in [1.165, 1.54) is 12.4 Å². The van der Waals surface area contributed by atoms with Gasteiger partial charge in [-0.1, -0.05) is 0 Å². The summed E-state index contributed by atoms with van der Waals surface area (Å²) in [7, 11) is 0. The molecule has 0 saturated carbocycles. The zero-order valence-electron chi connectivity index (χ0n) is 17.2. The normalized spacial score (nSPS) is 14.9. The minimum atomic E-state index is -0.959. The summed E-state index contributed by atoms with van der Waals surface area (Å²) in [4.78, 5) is 23.3. The second kappa shape index (κ2) is 8.64. The Bertz CT molecular complexity index is 1330. The van der Waals surface area contributed by atoms with E-state index >= 15 is 0 Å². The Morgan fingerprint density at radius 3 is 2.69 bits per heavy atom. The molecule has 0 radical (unpaired) electrons. The Balaban J connectivity index is 1.45. The molecule has 1 aliphatic rings. The monoisotopic (exact) mass is 441 g/mol. The number of oxazole rings is 1. The van der Waals surface area contributed by atoms with Crippen molar-refractivity contribution >= 4 is 33.5 Å². The van der Waals surface area contributed by atoms with Gasteiger partial charge in [0.25, 0.3) is 0 Å². The standard InChI is InChI=1S/C22H21F2N5O3/c23-16-3-2-14(10-17(16)24)27-21-15-11-19-20(12-18(15)25-13-26-21)32-22(30)29(19)5-1-4-28-6-8-31-9-7-28/h2-3,10-13H,1,4-9H2,(H,25,26,27). The Kier molecular flexibility index (Phi) is 5.54. The molecule has 32 heavy (non-hydrogen) atoms. The number of morpholine rings is 1. The molecule has 2 aromatic carbocycles. The molecule has 3 heterocycles. The number of nitrogens with one attached hydrogen (secondary N) is 1. The van der Waals surface area contributed by atoms with Crippen molar-refractivity contribution in [1.29, 1.82) is 0 Å². The van der Waals surface area contributed by atoms with Gasteiger partial charge in [-0.05, 0) is 24.6 Å². The van der Waals surface area contributed by atoms with E-state index in [9.17, 15) is 13.6 Å². The number of benzene rings is 2. The third-order valence-electron chi connectivity index (χ3n) is 5.57. The predicted octanol–water partition coefficient (Wildman–Crippen LogP) is 3.28. The second-order valence-electron chi connectivity index (χ2n) is 7.64. The van der Waals surface area contributed by atoms with E-state index in [0.29, 0.717) is 40.1 Å². The van der Waals surface area contributed by atoms with Crippen LogP contribution in [0.4, 0.5) is 20.3 Å². The van der Waals surface area contributed by atoms with Crippen LogP contribution in [0.2, 0.25) is 0 Å². The molecule has 0 unspecified atom stereocenters. The molecule has 0 spiro atoms. The van der Waals surface area contributed by atoms with Gasteiger partial charge >= 0.3 is 5.76 Å². The lowest BCUT2D eigenvalue weighted by Crippen LogP contribution is -2.37. The molecule has 8 nitrogen and oxygen atoms in total. The van der Waals surface area contributed by atoms with Gasteiger partial charge in [0.15, 0.2) is 17.2 Å². The molecular weight excluding hydrogens is 420 g/mol. The van der Waals surface area contributed by atoms with Crippen LogP contribution in [0, 0.1) is 11.6 Å². The predicted molar refractivity (Wildman–Crippen MR) is 115 cm³/mol. The van der Waals surface area contributed by atoms with Crippen molar-refractivity contribution in [3.05, 3.63) is 58.8 Å². The van der Waals surface area contributed by atoms with Crippen molar-refractivity contribution in [2.75, 3.05) is 38.2 Å². The van der Waals surface area contributed by atoms with E-state index < -0.39 is 17.4 Å². The van der Waals surface area contributed by atoms with Crippen LogP contribution in [-0.2, 0) is 11.3 Å². The lowest BCUT2D eigenvalue weighted by Gasteiger charge is -2.26. The summed E-state index contributed by atoms with van der Waals surface area (Å²) in [5.74, 6) is -1.90. The van der Waals surface area contributed by atoms with E-state index in [4.69, 9.17) is 9.15 Å². The summed E-state index contributed by atoms with van der Waals surface area (Å²) in [6.07, 6.45) is 2.14. The fraction of sp³-hybridized carbons (Fsp3) is 0.318. The van der Waals surface area contributed by atoms with Gasteiger partial charge in [0.2, 0.25) is 0 Å². The average molecular weight is 441 g/mol. The first-order chi connectivity index (χ1) is 15.6.